The maximum Gasteiger partial charge on any atom is 0.338 e. The van der Waals surface area contributed by atoms with E-state index in [0.29, 0.717) is 41.7 Å². The lowest BCUT2D eigenvalue weighted by atomic mass is 10.0. The molecule has 2 amide bonds. The van der Waals surface area contributed by atoms with E-state index in [1.165, 1.54) is 11.3 Å². The van der Waals surface area contributed by atoms with Crippen molar-refractivity contribution in [3.63, 3.8) is 0 Å². The second-order valence-electron chi connectivity index (χ2n) is 6.70. The van der Waals surface area contributed by atoms with Crippen molar-refractivity contribution in [2.75, 3.05) is 33.4 Å². The number of ether oxygens (including phenoxy) is 2. The minimum absolute atomic E-state index is 0.254. The average Bonchev–Trinajstić information content (AvgIpc) is 3.22. The first-order valence-electron chi connectivity index (χ1n) is 9.56. The highest BCUT2D eigenvalue weighted by molar-refractivity contribution is 7.10. The van der Waals surface area contributed by atoms with E-state index in [1.807, 2.05) is 41.6 Å². The van der Waals surface area contributed by atoms with E-state index in [0.717, 1.165) is 4.88 Å². The van der Waals surface area contributed by atoms with Crippen LogP contribution in [-0.2, 0) is 9.53 Å². The van der Waals surface area contributed by atoms with E-state index in [-0.39, 0.29) is 12.6 Å². The van der Waals surface area contributed by atoms with Crippen molar-refractivity contribution in [1.82, 2.24) is 15.5 Å². The maximum absolute atomic E-state index is 12.7. The Labute approximate surface area is 184 Å². The van der Waals surface area contributed by atoms with Crippen molar-refractivity contribution < 1.29 is 19.1 Å². The van der Waals surface area contributed by atoms with Crippen molar-refractivity contribution in [2.24, 2.45) is 0 Å². The molecule has 0 bridgehead atoms. The van der Waals surface area contributed by atoms with Crippen LogP contribution in [0.5, 0.6) is 5.75 Å². The Morgan fingerprint density at radius 1 is 1.30 bits per heavy atom. The third kappa shape index (κ3) is 5.75. The van der Waals surface area contributed by atoms with Gasteiger partial charge in [-0.2, -0.15) is 0 Å². The van der Waals surface area contributed by atoms with E-state index >= 15 is 0 Å². The molecular weight excluding hydrogens is 426 g/mol. The molecule has 30 heavy (non-hydrogen) atoms. The van der Waals surface area contributed by atoms with Gasteiger partial charge in [0.15, 0.2) is 0 Å². The summed E-state index contributed by atoms with van der Waals surface area (Å²) in [5.74, 6) is 0.247. The first-order chi connectivity index (χ1) is 14.5. The van der Waals surface area contributed by atoms with E-state index < -0.39 is 12.0 Å². The van der Waals surface area contributed by atoms with Crippen LogP contribution in [-0.4, -0.2) is 50.3 Å². The van der Waals surface area contributed by atoms with Crippen LogP contribution in [0.15, 0.2) is 53.0 Å². The highest BCUT2D eigenvalue weighted by Crippen LogP contribution is 2.30. The molecule has 160 valence electrons. The van der Waals surface area contributed by atoms with Crippen LogP contribution < -0.4 is 15.4 Å². The number of amides is 2. The molecule has 2 N–H and O–H groups in total. The normalized spacial score (nSPS) is 16.3. The molecule has 2 heterocycles. The van der Waals surface area contributed by atoms with E-state index in [9.17, 15) is 9.59 Å². The number of nitrogens with zero attached hydrogens (tertiary/aromatic N) is 1. The van der Waals surface area contributed by atoms with Crippen LogP contribution in [0.1, 0.15) is 17.8 Å². The van der Waals surface area contributed by atoms with Crippen LogP contribution in [0, 0.1) is 0 Å². The third-order valence-corrected chi connectivity index (χ3v) is 5.61. The molecule has 0 radical (unpaired) electrons. The topological polar surface area (TPSA) is 79.9 Å². The van der Waals surface area contributed by atoms with Crippen molar-refractivity contribution in [2.45, 2.75) is 13.0 Å². The SMILES string of the molecule is CCOC(=O)C1=C(CN(C)CCOc2cccc(Cl)c2)NC(=O)NC1c1cccs1. The Balaban J connectivity index is 1.72. The molecule has 7 nitrogen and oxygen atoms in total. The Morgan fingerprint density at radius 2 is 2.13 bits per heavy atom. The minimum atomic E-state index is -0.538. The number of nitrogens with one attached hydrogen (secondary N) is 2. The van der Waals surface area contributed by atoms with Gasteiger partial charge in [-0.3, -0.25) is 4.90 Å². The van der Waals surface area contributed by atoms with Crippen molar-refractivity contribution >= 4 is 34.9 Å². The smallest absolute Gasteiger partial charge is 0.338 e. The van der Waals surface area contributed by atoms with Crippen molar-refractivity contribution in [3.8, 4) is 5.75 Å². The summed E-state index contributed by atoms with van der Waals surface area (Å²) >= 11 is 7.45. The zero-order valence-electron chi connectivity index (χ0n) is 16.8. The van der Waals surface area contributed by atoms with Gasteiger partial charge in [-0.15, -0.1) is 11.3 Å². The summed E-state index contributed by atoms with van der Waals surface area (Å²) in [4.78, 5) is 27.8. The summed E-state index contributed by atoms with van der Waals surface area (Å²) in [5, 5.41) is 8.13. The summed E-state index contributed by atoms with van der Waals surface area (Å²) in [7, 11) is 1.89. The number of urea groups is 1. The fourth-order valence-electron chi connectivity index (χ4n) is 3.09. The highest BCUT2D eigenvalue weighted by Gasteiger charge is 2.34. The monoisotopic (exact) mass is 449 g/mol. The number of carbonyl (C=O) groups excluding carboxylic acids is 2. The summed E-state index contributed by atoms with van der Waals surface area (Å²) in [6.45, 7) is 3.39. The van der Waals surface area contributed by atoms with Gasteiger partial charge in [0.1, 0.15) is 12.4 Å². The van der Waals surface area contributed by atoms with E-state index in [1.54, 1.807) is 19.1 Å². The largest absolute Gasteiger partial charge is 0.492 e. The predicted molar refractivity (Wildman–Crippen MR) is 117 cm³/mol. The summed E-state index contributed by atoms with van der Waals surface area (Å²) in [6.07, 6.45) is 0. The second kappa shape index (κ2) is 10.5. The predicted octanol–water partition coefficient (Wildman–Crippen LogP) is 3.58. The maximum atomic E-state index is 12.7. The van der Waals surface area contributed by atoms with Crippen LogP contribution in [0.4, 0.5) is 4.79 Å². The summed E-state index contributed by atoms with van der Waals surface area (Å²) in [6, 6.07) is 10.1. The molecule has 0 fully saturated rings. The minimum Gasteiger partial charge on any atom is -0.492 e. The number of hydrogen-bond donors (Lipinski definition) is 2. The quantitative estimate of drug-likeness (QED) is 0.572. The molecule has 1 atom stereocenters. The van der Waals surface area contributed by atoms with Gasteiger partial charge in [-0.1, -0.05) is 23.7 Å². The van der Waals surface area contributed by atoms with E-state index in [2.05, 4.69) is 10.6 Å². The van der Waals surface area contributed by atoms with Gasteiger partial charge in [0.2, 0.25) is 0 Å². The number of likely N-dealkylation sites (N-methyl/N-ethyl adjacent to an activating group) is 1. The molecule has 3 rings (SSSR count). The van der Waals surface area contributed by atoms with Gasteiger partial charge in [0.05, 0.1) is 18.2 Å². The summed E-state index contributed by atoms with van der Waals surface area (Å²) in [5.41, 5.74) is 0.947. The highest BCUT2D eigenvalue weighted by atomic mass is 35.5. The van der Waals surface area contributed by atoms with Gasteiger partial charge in [-0.25, -0.2) is 9.59 Å². The lowest BCUT2D eigenvalue weighted by Gasteiger charge is -2.30. The molecule has 0 saturated heterocycles. The van der Waals surface area contributed by atoms with Crippen LogP contribution in [0.25, 0.3) is 0 Å². The van der Waals surface area contributed by atoms with Crippen molar-refractivity contribution in [3.05, 3.63) is 62.9 Å². The van der Waals surface area contributed by atoms with Gasteiger partial charge in [0, 0.05) is 28.7 Å². The number of hydrogen-bond acceptors (Lipinski definition) is 6. The standard InChI is InChI=1S/C21H24ClN3O4S/c1-3-28-20(26)18-16(23-21(27)24-19(18)17-8-5-11-30-17)13-25(2)9-10-29-15-7-4-6-14(22)12-15/h4-8,11-12,19H,3,9-10,13H2,1-2H3,(H2,23,24,27). The molecule has 0 saturated carbocycles. The average molecular weight is 450 g/mol. The molecule has 1 aromatic heterocycles. The fraction of sp³-hybridized carbons (Fsp3) is 0.333. The Bertz CT molecular complexity index is 917. The van der Waals surface area contributed by atoms with Gasteiger partial charge < -0.3 is 20.1 Å². The molecule has 0 spiro atoms. The van der Waals surface area contributed by atoms with Crippen LogP contribution in [0.2, 0.25) is 5.02 Å². The number of thiophene rings is 1. The van der Waals surface area contributed by atoms with E-state index in [4.69, 9.17) is 21.1 Å². The summed E-state index contributed by atoms with van der Waals surface area (Å²) < 4.78 is 11.0. The molecule has 1 aliphatic heterocycles. The van der Waals surface area contributed by atoms with Gasteiger partial charge >= 0.3 is 12.0 Å². The molecule has 1 aromatic carbocycles. The Morgan fingerprint density at radius 3 is 2.83 bits per heavy atom. The molecular formula is C21H24ClN3O4S. The van der Waals surface area contributed by atoms with Gasteiger partial charge in [-0.05, 0) is 43.6 Å². The zero-order valence-corrected chi connectivity index (χ0v) is 18.4. The molecule has 1 unspecified atom stereocenters. The van der Waals surface area contributed by atoms with Crippen LogP contribution in [0.3, 0.4) is 0 Å². The Hall–Kier alpha value is -2.55. The molecule has 2 aromatic rings. The number of benzene rings is 1. The molecule has 9 heteroatoms. The fourth-order valence-corrected chi connectivity index (χ4v) is 4.05. The zero-order chi connectivity index (χ0) is 21.5. The molecule has 0 aliphatic carbocycles. The number of rotatable bonds is 9. The third-order valence-electron chi connectivity index (χ3n) is 4.44. The van der Waals surface area contributed by atoms with Crippen LogP contribution >= 0.6 is 22.9 Å². The first-order valence-corrected chi connectivity index (χ1v) is 10.8. The number of esters is 1. The Kier molecular flexibility index (Phi) is 7.73. The second-order valence-corrected chi connectivity index (χ2v) is 8.12. The lowest BCUT2D eigenvalue weighted by Crippen LogP contribution is -2.48. The van der Waals surface area contributed by atoms with Gasteiger partial charge in [0.25, 0.3) is 0 Å². The van der Waals surface area contributed by atoms with Crippen molar-refractivity contribution in [1.29, 1.82) is 0 Å². The number of carbonyl (C=O) groups is 2. The number of halogens is 1. The lowest BCUT2D eigenvalue weighted by molar-refractivity contribution is -0.139. The first kappa shape index (κ1) is 22.1. The molecule has 1 aliphatic rings.